The van der Waals surface area contributed by atoms with Crippen molar-refractivity contribution in [2.75, 3.05) is 20.8 Å². The summed E-state index contributed by atoms with van der Waals surface area (Å²) in [5.74, 6) is 0.0190. The maximum absolute atomic E-state index is 11.2. The molecular weight excluding hydrogens is 172 g/mol. The van der Waals surface area contributed by atoms with Crippen molar-refractivity contribution in [1.29, 1.82) is 0 Å². The van der Waals surface area contributed by atoms with Crippen LogP contribution in [0, 0.1) is 11.8 Å². The Kier molecular flexibility index (Phi) is 3.69. The summed E-state index contributed by atoms with van der Waals surface area (Å²) in [6, 6.07) is 0. The van der Waals surface area contributed by atoms with E-state index in [0.717, 1.165) is 6.42 Å². The molecule has 0 spiro atoms. The third-order valence-corrected chi connectivity index (χ3v) is 2.24. The lowest BCUT2D eigenvalue weighted by molar-refractivity contribution is -0.150. The standard InChI is InChI=1S/C9H16O4/c1-4-13-8(10)6-5-7(6)9(11-2)12-3/h6-7,9H,4-5H2,1-3H3/t6-,7+/m1/s1. The van der Waals surface area contributed by atoms with Crippen LogP contribution in [-0.4, -0.2) is 33.1 Å². The highest BCUT2D eigenvalue weighted by atomic mass is 16.7. The van der Waals surface area contributed by atoms with Gasteiger partial charge in [-0.15, -0.1) is 0 Å². The highest BCUT2D eigenvalue weighted by Gasteiger charge is 2.49. The number of carbonyl (C=O) groups is 1. The summed E-state index contributed by atoms with van der Waals surface area (Å²) < 4.78 is 15.0. The van der Waals surface area contributed by atoms with Crippen molar-refractivity contribution in [2.24, 2.45) is 11.8 Å². The van der Waals surface area contributed by atoms with Crippen LogP contribution in [0.1, 0.15) is 13.3 Å². The van der Waals surface area contributed by atoms with E-state index < -0.39 is 0 Å². The van der Waals surface area contributed by atoms with Gasteiger partial charge in [-0.25, -0.2) is 0 Å². The van der Waals surface area contributed by atoms with Gasteiger partial charge in [-0.2, -0.15) is 0 Å². The second-order valence-corrected chi connectivity index (χ2v) is 3.10. The molecule has 0 unspecified atom stereocenters. The second-order valence-electron chi connectivity index (χ2n) is 3.10. The molecule has 0 radical (unpaired) electrons. The Morgan fingerprint density at radius 3 is 2.54 bits per heavy atom. The topological polar surface area (TPSA) is 44.8 Å². The smallest absolute Gasteiger partial charge is 0.309 e. The maximum atomic E-state index is 11.2. The summed E-state index contributed by atoms with van der Waals surface area (Å²) in [7, 11) is 3.16. The minimum atomic E-state index is -0.269. The molecule has 2 atom stereocenters. The zero-order valence-electron chi connectivity index (χ0n) is 8.28. The van der Waals surface area contributed by atoms with E-state index >= 15 is 0 Å². The molecule has 1 aliphatic carbocycles. The highest BCUT2D eigenvalue weighted by molar-refractivity contribution is 5.75. The SMILES string of the molecule is CCOC(=O)[C@@H]1C[C@@H]1C(OC)OC. The number of carbonyl (C=O) groups excluding carboxylic acids is 1. The lowest BCUT2D eigenvalue weighted by atomic mass is 10.3. The average Bonchev–Trinajstić information content (AvgIpc) is 2.87. The normalized spacial score (nSPS) is 26.2. The molecule has 0 heterocycles. The average molecular weight is 188 g/mol. The van der Waals surface area contributed by atoms with Crippen LogP contribution in [0.4, 0.5) is 0 Å². The first-order chi connectivity index (χ1) is 6.24. The number of hydrogen-bond donors (Lipinski definition) is 0. The fraction of sp³-hybridized carbons (Fsp3) is 0.889. The van der Waals surface area contributed by atoms with E-state index in [9.17, 15) is 4.79 Å². The fourth-order valence-electron chi connectivity index (χ4n) is 1.48. The van der Waals surface area contributed by atoms with Gasteiger partial charge in [0.25, 0.3) is 0 Å². The molecule has 1 saturated carbocycles. The Balaban J connectivity index is 2.32. The van der Waals surface area contributed by atoms with E-state index in [1.165, 1.54) is 0 Å². The maximum Gasteiger partial charge on any atom is 0.309 e. The molecule has 0 amide bonds. The van der Waals surface area contributed by atoms with Gasteiger partial charge < -0.3 is 14.2 Å². The number of methoxy groups -OCH3 is 2. The van der Waals surface area contributed by atoms with Crippen molar-refractivity contribution in [3.05, 3.63) is 0 Å². The molecule has 1 rings (SSSR count). The second kappa shape index (κ2) is 4.58. The quantitative estimate of drug-likeness (QED) is 0.473. The Morgan fingerprint density at radius 1 is 1.46 bits per heavy atom. The molecule has 0 aromatic carbocycles. The molecule has 1 fully saturated rings. The molecule has 0 aromatic rings. The largest absolute Gasteiger partial charge is 0.466 e. The van der Waals surface area contributed by atoms with Crippen LogP contribution in [-0.2, 0) is 19.0 Å². The number of ether oxygens (including phenoxy) is 3. The first-order valence-corrected chi connectivity index (χ1v) is 4.46. The summed E-state index contributed by atoms with van der Waals surface area (Å²) >= 11 is 0. The van der Waals surface area contributed by atoms with Crippen LogP contribution < -0.4 is 0 Å². The van der Waals surface area contributed by atoms with E-state index in [1.807, 2.05) is 0 Å². The Bertz CT molecular complexity index is 176. The zero-order chi connectivity index (χ0) is 9.84. The van der Waals surface area contributed by atoms with Gasteiger partial charge >= 0.3 is 5.97 Å². The van der Waals surface area contributed by atoms with Crippen molar-refractivity contribution < 1.29 is 19.0 Å². The van der Waals surface area contributed by atoms with Gasteiger partial charge in [0, 0.05) is 20.1 Å². The lowest BCUT2D eigenvalue weighted by Crippen LogP contribution is -2.19. The van der Waals surface area contributed by atoms with Gasteiger partial charge in [-0.05, 0) is 13.3 Å². The third-order valence-electron chi connectivity index (χ3n) is 2.24. The van der Waals surface area contributed by atoms with E-state index in [0.29, 0.717) is 6.61 Å². The number of rotatable bonds is 5. The molecule has 13 heavy (non-hydrogen) atoms. The first-order valence-electron chi connectivity index (χ1n) is 4.46. The summed E-state index contributed by atoms with van der Waals surface area (Å²) in [4.78, 5) is 11.2. The summed E-state index contributed by atoms with van der Waals surface area (Å²) in [6.07, 6.45) is 0.542. The van der Waals surface area contributed by atoms with Crippen molar-refractivity contribution in [1.82, 2.24) is 0 Å². The zero-order valence-corrected chi connectivity index (χ0v) is 8.28. The van der Waals surface area contributed by atoms with E-state index in [1.54, 1.807) is 21.1 Å². The summed E-state index contributed by atoms with van der Waals surface area (Å²) in [5.41, 5.74) is 0. The third kappa shape index (κ3) is 2.42. The fourth-order valence-corrected chi connectivity index (χ4v) is 1.48. The Labute approximate surface area is 78.2 Å². The van der Waals surface area contributed by atoms with Crippen molar-refractivity contribution in [2.45, 2.75) is 19.6 Å². The molecule has 0 bridgehead atoms. The van der Waals surface area contributed by atoms with Gasteiger partial charge in [-0.3, -0.25) is 4.79 Å². The molecule has 0 N–H and O–H groups in total. The van der Waals surface area contributed by atoms with Crippen LogP contribution in [0.2, 0.25) is 0 Å². The molecule has 0 aliphatic heterocycles. The Morgan fingerprint density at radius 2 is 2.08 bits per heavy atom. The van der Waals surface area contributed by atoms with Crippen LogP contribution in [0.25, 0.3) is 0 Å². The van der Waals surface area contributed by atoms with Crippen molar-refractivity contribution in [3.63, 3.8) is 0 Å². The Hall–Kier alpha value is -0.610. The van der Waals surface area contributed by atoms with Crippen LogP contribution in [0.5, 0.6) is 0 Å². The van der Waals surface area contributed by atoms with E-state index in [2.05, 4.69) is 0 Å². The monoisotopic (exact) mass is 188 g/mol. The van der Waals surface area contributed by atoms with E-state index in [4.69, 9.17) is 14.2 Å². The molecular formula is C9H16O4. The molecule has 4 heteroatoms. The van der Waals surface area contributed by atoms with Crippen molar-refractivity contribution in [3.8, 4) is 0 Å². The summed E-state index contributed by atoms with van der Waals surface area (Å²) in [6.45, 7) is 2.24. The van der Waals surface area contributed by atoms with E-state index in [-0.39, 0.29) is 24.1 Å². The van der Waals surface area contributed by atoms with Crippen LogP contribution in [0.3, 0.4) is 0 Å². The molecule has 0 aromatic heterocycles. The predicted octanol–water partition coefficient (Wildman–Crippen LogP) is 0.804. The van der Waals surface area contributed by atoms with Crippen LogP contribution in [0.15, 0.2) is 0 Å². The number of esters is 1. The van der Waals surface area contributed by atoms with Gasteiger partial charge in [0.2, 0.25) is 0 Å². The van der Waals surface area contributed by atoms with Crippen molar-refractivity contribution >= 4 is 5.97 Å². The minimum Gasteiger partial charge on any atom is -0.466 e. The van der Waals surface area contributed by atoms with Gasteiger partial charge in [0.1, 0.15) is 0 Å². The van der Waals surface area contributed by atoms with Gasteiger partial charge in [0.15, 0.2) is 6.29 Å². The molecule has 0 saturated heterocycles. The molecule has 76 valence electrons. The molecule has 1 aliphatic rings. The predicted molar refractivity (Wildman–Crippen MR) is 46.0 cm³/mol. The highest BCUT2D eigenvalue weighted by Crippen LogP contribution is 2.43. The molecule has 4 nitrogen and oxygen atoms in total. The lowest BCUT2D eigenvalue weighted by Gasteiger charge is -2.12. The first kappa shape index (κ1) is 10.5. The van der Waals surface area contributed by atoms with Gasteiger partial charge in [0.05, 0.1) is 12.5 Å². The minimum absolute atomic E-state index is 0.0233. The number of hydrogen-bond acceptors (Lipinski definition) is 4. The summed E-state index contributed by atoms with van der Waals surface area (Å²) in [5, 5.41) is 0. The van der Waals surface area contributed by atoms with Crippen LogP contribution >= 0.6 is 0 Å². The van der Waals surface area contributed by atoms with Gasteiger partial charge in [-0.1, -0.05) is 0 Å².